The van der Waals surface area contributed by atoms with Gasteiger partial charge in [0.05, 0.1) is 0 Å². The Bertz CT molecular complexity index is 260. The maximum absolute atomic E-state index is 5.87. The number of aromatic nitrogens is 1. The Morgan fingerprint density at radius 3 is 2.80 bits per heavy atom. The molecule has 0 aliphatic heterocycles. The van der Waals surface area contributed by atoms with Crippen LogP contribution >= 0.6 is 0 Å². The zero-order valence-electron chi connectivity index (χ0n) is 9.21. The molecule has 0 amide bonds. The number of aromatic amines is 1. The van der Waals surface area contributed by atoms with Gasteiger partial charge in [0.1, 0.15) is 0 Å². The molecule has 0 unspecified atom stereocenters. The summed E-state index contributed by atoms with van der Waals surface area (Å²) in [6.07, 6.45) is 7.92. The SMILES string of the molecule is NC1CCC(NCCc2ccc[nH]2)CC1. The van der Waals surface area contributed by atoms with Gasteiger partial charge in [0.25, 0.3) is 0 Å². The van der Waals surface area contributed by atoms with Gasteiger partial charge in [-0.15, -0.1) is 0 Å². The van der Waals surface area contributed by atoms with E-state index in [0.717, 1.165) is 13.0 Å². The molecule has 1 aliphatic rings. The first-order valence-electron chi connectivity index (χ1n) is 5.96. The summed E-state index contributed by atoms with van der Waals surface area (Å²) in [6.45, 7) is 1.07. The van der Waals surface area contributed by atoms with E-state index in [1.807, 2.05) is 6.20 Å². The molecule has 1 fully saturated rings. The predicted octanol–water partition coefficient (Wildman–Crippen LogP) is 1.42. The Morgan fingerprint density at radius 1 is 1.33 bits per heavy atom. The Kier molecular flexibility index (Phi) is 3.80. The summed E-state index contributed by atoms with van der Waals surface area (Å²) in [7, 11) is 0. The van der Waals surface area contributed by atoms with E-state index in [0.29, 0.717) is 12.1 Å². The van der Waals surface area contributed by atoms with Crippen molar-refractivity contribution in [3.05, 3.63) is 24.0 Å². The zero-order valence-corrected chi connectivity index (χ0v) is 9.21. The van der Waals surface area contributed by atoms with Crippen LogP contribution in [0, 0.1) is 0 Å². The number of hydrogen-bond acceptors (Lipinski definition) is 2. The van der Waals surface area contributed by atoms with Gasteiger partial charge < -0.3 is 16.0 Å². The molecule has 1 aliphatic carbocycles. The van der Waals surface area contributed by atoms with Crippen LogP contribution in [0.4, 0.5) is 0 Å². The van der Waals surface area contributed by atoms with Crippen molar-refractivity contribution >= 4 is 0 Å². The molecule has 3 nitrogen and oxygen atoms in total. The molecule has 15 heavy (non-hydrogen) atoms. The van der Waals surface area contributed by atoms with Crippen LogP contribution in [0.25, 0.3) is 0 Å². The monoisotopic (exact) mass is 207 g/mol. The summed E-state index contributed by atoms with van der Waals surface area (Å²) in [5.41, 5.74) is 7.18. The van der Waals surface area contributed by atoms with Gasteiger partial charge in [-0.2, -0.15) is 0 Å². The molecule has 0 spiro atoms. The van der Waals surface area contributed by atoms with Crippen LogP contribution in [0.2, 0.25) is 0 Å². The lowest BCUT2D eigenvalue weighted by atomic mass is 9.92. The summed E-state index contributed by atoms with van der Waals surface area (Å²) in [5.74, 6) is 0. The van der Waals surface area contributed by atoms with Gasteiger partial charge in [-0.25, -0.2) is 0 Å². The Hall–Kier alpha value is -0.800. The molecule has 0 radical (unpaired) electrons. The van der Waals surface area contributed by atoms with Crippen LogP contribution in [-0.4, -0.2) is 23.6 Å². The Morgan fingerprint density at radius 2 is 2.13 bits per heavy atom. The first-order chi connectivity index (χ1) is 7.34. The molecule has 1 aromatic rings. The molecule has 2 rings (SSSR count). The Labute approximate surface area is 91.4 Å². The van der Waals surface area contributed by atoms with Gasteiger partial charge in [-0.3, -0.25) is 0 Å². The van der Waals surface area contributed by atoms with Crippen molar-refractivity contribution < 1.29 is 0 Å². The fourth-order valence-electron chi connectivity index (χ4n) is 2.26. The van der Waals surface area contributed by atoms with Gasteiger partial charge in [-0.1, -0.05) is 0 Å². The highest BCUT2D eigenvalue weighted by atomic mass is 14.9. The molecule has 0 saturated heterocycles. The minimum atomic E-state index is 0.450. The molecular formula is C12H21N3. The van der Waals surface area contributed by atoms with E-state index in [9.17, 15) is 0 Å². The van der Waals surface area contributed by atoms with Crippen molar-refractivity contribution in [3.8, 4) is 0 Å². The minimum absolute atomic E-state index is 0.450. The molecule has 1 saturated carbocycles. The number of H-pyrrole nitrogens is 1. The van der Waals surface area contributed by atoms with Crippen molar-refractivity contribution in [3.63, 3.8) is 0 Å². The lowest BCUT2D eigenvalue weighted by Crippen LogP contribution is -2.38. The van der Waals surface area contributed by atoms with Gasteiger partial charge in [-0.05, 0) is 44.2 Å². The number of nitrogens with two attached hydrogens (primary N) is 1. The van der Waals surface area contributed by atoms with E-state index in [4.69, 9.17) is 5.73 Å². The van der Waals surface area contributed by atoms with Gasteiger partial charge in [0.2, 0.25) is 0 Å². The van der Waals surface area contributed by atoms with Crippen molar-refractivity contribution in [2.75, 3.05) is 6.54 Å². The van der Waals surface area contributed by atoms with Crippen LogP contribution in [0.5, 0.6) is 0 Å². The molecule has 1 heterocycles. The maximum Gasteiger partial charge on any atom is 0.0159 e. The van der Waals surface area contributed by atoms with E-state index in [1.54, 1.807) is 0 Å². The van der Waals surface area contributed by atoms with E-state index in [1.165, 1.54) is 31.4 Å². The summed E-state index contributed by atoms with van der Waals surface area (Å²) < 4.78 is 0. The average Bonchev–Trinajstić information content (AvgIpc) is 2.74. The molecule has 0 aromatic carbocycles. The van der Waals surface area contributed by atoms with Crippen molar-refractivity contribution in [1.29, 1.82) is 0 Å². The molecule has 3 heteroatoms. The topological polar surface area (TPSA) is 53.8 Å². The van der Waals surface area contributed by atoms with Crippen LogP contribution in [0.1, 0.15) is 31.4 Å². The second-order valence-electron chi connectivity index (χ2n) is 4.51. The minimum Gasteiger partial charge on any atom is -0.365 e. The summed E-state index contributed by atoms with van der Waals surface area (Å²) >= 11 is 0. The summed E-state index contributed by atoms with van der Waals surface area (Å²) in [6, 6.07) is 5.33. The predicted molar refractivity (Wildman–Crippen MR) is 62.7 cm³/mol. The lowest BCUT2D eigenvalue weighted by molar-refractivity contribution is 0.344. The highest BCUT2D eigenvalue weighted by molar-refractivity contribution is 5.03. The van der Waals surface area contributed by atoms with Crippen LogP contribution in [0.15, 0.2) is 18.3 Å². The third-order valence-corrected chi connectivity index (χ3v) is 3.26. The van der Waals surface area contributed by atoms with E-state index in [2.05, 4.69) is 22.4 Å². The highest BCUT2D eigenvalue weighted by Crippen LogP contribution is 2.16. The smallest absolute Gasteiger partial charge is 0.0159 e. The van der Waals surface area contributed by atoms with Crippen molar-refractivity contribution in [2.24, 2.45) is 5.73 Å². The quantitative estimate of drug-likeness (QED) is 0.699. The number of hydrogen-bond donors (Lipinski definition) is 3. The fraction of sp³-hybridized carbons (Fsp3) is 0.667. The van der Waals surface area contributed by atoms with Crippen LogP contribution in [0.3, 0.4) is 0 Å². The number of nitrogens with one attached hydrogen (secondary N) is 2. The maximum atomic E-state index is 5.87. The van der Waals surface area contributed by atoms with E-state index >= 15 is 0 Å². The third kappa shape index (κ3) is 3.36. The van der Waals surface area contributed by atoms with E-state index in [-0.39, 0.29) is 0 Å². The Balaban J connectivity index is 1.62. The van der Waals surface area contributed by atoms with Gasteiger partial charge >= 0.3 is 0 Å². The largest absolute Gasteiger partial charge is 0.365 e. The van der Waals surface area contributed by atoms with Crippen molar-refractivity contribution in [1.82, 2.24) is 10.3 Å². The first kappa shape index (κ1) is 10.7. The molecular weight excluding hydrogens is 186 g/mol. The second kappa shape index (κ2) is 5.33. The van der Waals surface area contributed by atoms with Crippen molar-refractivity contribution in [2.45, 2.75) is 44.2 Å². The molecule has 1 aromatic heterocycles. The zero-order chi connectivity index (χ0) is 10.5. The van der Waals surface area contributed by atoms with Gasteiger partial charge in [0, 0.05) is 30.5 Å². The van der Waals surface area contributed by atoms with Crippen LogP contribution < -0.4 is 11.1 Å². The second-order valence-corrected chi connectivity index (χ2v) is 4.51. The summed E-state index contributed by atoms with van der Waals surface area (Å²) in [5, 5.41) is 3.60. The summed E-state index contributed by atoms with van der Waals surface area (Å²) in [4.78, 5) is 3.22. The number of rotatable bonds is 4. The first-order valence-corrected chi connectivity index (χ1v) is 5.96. The lowest BCUT2D eigenvalue weighted by Gasteiger charge is -2.26. The van der Waals surface area contributed by atoms with Crippen LogP contribution in [-0.2, 0) is 6.42 Å². The standard InChI is InChI=1S/C12H21N3/c13-10-3-5-12(6-4-10)15-9-7-11-2-1-8-14-11/h1-2,8,10,12,14-15H,3-7,9,13H2. The molecule has 0 atom stereocenters. The third-order valence-electron chi connectivity index (χ3n) is 3.26. The highest BCUT2D eigenvalue weighted by Gasteiger charge is 2.17. The molecule has 0 bridgehead atoms. The van der Waals surface area contributed by atoms with E-state index < -0.39 is 0 Å². The van der Waals surface area contributed by atoms with Gasteiger partial charge in [0.15, 0.2) is 0 Å². The molecule has 4 N–H and O–H groups in total. The average molecular weight is 207 g/mol. The normalized spacial score (nSPS) is 26.7. The fourth-order valence-corrected chi connectivity index (χ4v) is 2.26. The molecule has 84 valence electrons.